The van der Waals surface area contributed by atoms with Crippen LogP contribution in [0.3, 0.4) is 0 Å². The zero-order chi connectivity index (χ0) is 14.9. The smallest absolute Gasteiger partial charge is 0.220 e. The van der Waals surface area contributed by atoms with Crippen LogP contribution in [-0.4, -0.2) is 24.8 Å². The van der Waals surface area contributed by atoms with Gasteiger partial charge in [0.05, 0.1) is 17.2 Å². The number of halogens is 2. The second-order valence-electron chi connectivity index (χ2n) is 4.66. The second-order valence-corrected chi connectivity index (χ2v) is 5.06. The lowest BCUT2D eigenvalue weighted by molar-refractivity contribution is -0.119. The number of ether oxygens (including phenoxy) is 1. The highest BCUT2D eigenvalue weighted by atomic mass is 35.5. The molecule has 1 amide bonds. The quantitative estimate of drug-likeness (QED) is 0.870. The van der Waals surface area contributed by atoms with Gasteiger partial charge in [0.2, 0.25) is 5.91 Å². The van der Waals surface area contributed by atoms with Crippen LogP contribution in [0.15, 0.2) is 6.07 Å². The molecule has 0 aliphatic carbocycles. The van der Waals surface area contributed by atoms with Crippen molar-refractivity contribution in [3.8, 4) is 5.75 Å². The summed E-state index contributed by atoms with van der Waals surface area (Å²) in [6, 6.07) is 1.28. The van der Waals surface area contributed by atoms with Crippen molar-refractivity contribution in [3.63, 3.8) is 0 Å². The van der Waals surface area contributed by atoms with Gasteiger partial charge in [-0.25, -0.2) is 4.39 Å². The molecule has 1 heterocycles. The first-order valence-corrected chi connectivity index (χ1v) is 6.75. The molecule has 1 atom stereocenters. The summed E-state index contributed by atoms with van der Waals surface area (Å²) in [4.78, 5) is 23.0. The minimum atomic E-state index is -0.624. The molecule has 1 aliphatic heterocycles. The molecule has 0 radical (unpaired) electrons. The fourth-order valence-electron chi connectivity index (χ4n) is 2.36. The number of carbonyl (C=O) groups excluding carboxylic acids is 2. The lowest BCUT2D eigenvalue weighted by Crippen LogP contribution is -2.15. The van der Waals surface area contributed by atoms with E-state index in [4.69, 9.17) is 16.3 Å². The summed E-state index contributed by atoms with van der Waals surface area (Å²) in [5.74, 6) is -1.21. The Hall–Kier alpha value is -1.62. The highest BCUT2D eigenvalue weighted by Crippen LogP contribution is 2.39. The van der Waals surface area contributed by atoms with E-state index in [1.165, 1.54) is 13.0 Å². The van der Waals surface area contributed by atoms with Gasteiger partial charge in [0.1, 0.15) is 11.6 Å². The Morgan fingerprint density at radius 2 is 2.30 bits per heavy atom. The fraction of sp³-hybridized carbons (Fsp3) is 0.429. The van der Waals surface area contributed by atoms with Gasteiger partial charge in [-0.1, -0.05) is 11.6 Å². The molecule has 4 nitrogen and oxygen atoms in total. The van der Waals surface area contributed by atoms with E-state index < -0.39 is 5.82 Å². The number of nitrogens with one attached hydrogen (secondary N) is 1. The molecule has 1 aliphatic rings. The van der Waals surface area contributed by atoms with Gasteiger partial charge in [0.15, 0.2) is 5.78 Å². The Balaban J connectivity index is 2.62. The molecule has 0 saturated carbocycles. The van der Waals surface area contributed by atoms with E-state index in [1.807, 2.05) is 0 Å². The molecule has 0 spiro atoms. The summed E-state index contributed by atoms with van der Waals surface area (Å²) >= 11 is 5.86. The predicted octanol–water partition coefficient (Wildman–Crippen LogP) is 2.68. The normalized spacial score (nSPS) is 18.0. The zero-order valence-corrected chi connectivity index (χ0v) is 12.0. The highest BCUT2D eigenvalue weighted by Gasteiger charge is 2.32. The molecule has 1 aromatic rings. The number of rotatable bonds is 4. The molecular formula is C14H15ClFNO3. The molecule has 0 bridgehead atoms. The summed E-state index contributed by atoms with van der Waals surface area (Å²) in [6.07, 6.45) is 0.161. The van der Waals surface area contributed by atoms with Crippen LogP contribution in [0.2, 0.25) is 5.02 Å². The largest absolute Gasteiger partial charge is 0.493 e. The first kappa shape index (κ1) is 14.8. The van der Waals surface area contributed by atoms with Crippen LogP contribution in [0, 0.1) is 5.82 Å². The van der Waals surface area contributed by atoms with Crippen LogP contribution in [0.5, 0.6) is 5.75 Å². The van der Waals surface area contributed by atoms with Gasteiger partial charge in [-0.2, -0.15) is 0 Å². The Morgan fingerprint density at radius 3 is 2.80 bits per heavy atom. The van der Waals surface area contributed by atoms with Crippen LogP contribution < -0.4 is 10.1 Å². The molecule has 0 aromatic heterocycles. The van der Waals surface area contributed by atoms with Crippen LogP contribution in [0.25, 0.3) is 0 Å². The maximum absolute atomic E-state index is 14.3. The van der Waals surface area contributed by atoms with Gasteiger partial charge < -0.3 is 10.1 Å². The van der Waals surface area contributed by atoms with Crippen LogP contribution in [0.4, 0.5) is 4.39 Å². The fourth-order valence-corrected chi connectivity index (χ4v) is 2.58. The average Bonchev–Trinajstić information content (AvgIpc) is 2.80. The van der Waals surface area contributed by atoms with Crippen molar-refractivity contribution in [2.75, 3.05) is 13.2 Å². The van der Waals surface area contributed by atoms with E-state index in [0.717, 1.165) is 0 Å². The SMILES string of the molecule is CCOc1c(C(C)=O)cc(Cl)c(F)c1[C@H]1CNC(=O)C1. The van der Waals surface area contributed by atoms with Gasteiger partial charge in [-0.15, -0.1) is 0 Å². The van der Waals surface area contributed by atoms with E-state index in [2.05, 4.69) is 5.32 Å². The summed E-state index contributed by atoms with van der Waals surface area (Å²) in [5, 5.41) is 2.51. The van der Waals surface area contributed by atoms with Gasteiger partial charge in [0.25, 0.3) is 0 Å². The number of Topliss-reactive ketones (excluding diaryl/α,β-unsaturated/α-hetero) is 1. The highest BCUT2D eigenvalue weighted by molar-refractivity contribution is 6.31. The van der Waals surface area contributed by atoms with E-state index in [-0.39, 0.29) is 45.9 Å². The predicted molar refractivity (Wildman–Crippen MR) is 73.0 cm³/mol. The minimum Gasteiger partial charge on any atom is -0.493 e. The van der Waals surface area contributed by atoms with Gasteiger partial charge in [-0.3, -0.25) is 9.59 Å². The first-order valence-electron chi connectivity index (χ1n) is 6.38. The number of hydrogen-bond donors (Lipinski definition) is 1. The van der Waals surface area contributed by atoms with Crippen LogP contribution in [-0.2, 0) is 4.79 Å². The molecule has 1 N–H and O–H groups in total. The Morgan fingerprint density at radius 1 is 1.60 bits per heavy atom. The summed E-state index contributed by atoms with van der Waals surface area (Å²) in [5.41, 5.74) is 0.454. The van der Waals surface area contributed by atoms with E-state index >= 15 is 0 Å². The number of carbonyl (C=O) groups is 2. The molecule has 1 saturated heterocycles. The van der Waals surface area contributed by atoms with Gasteiger partial charge in [-0.05, 0) is 19.9 Å². The lowest BCUT2D eigenvalue weighted by atomic mass is 9.93. The Bertz CT molecular complexity index is 574. The first-order chi connectivity index (χ1) is 9.45. The van der Waals surface area contributed by atoms with Crippen molar-refractivity contribution in [2.24, 2.45) is 0 Å². The molecule has 6 heteroatoms. The molecule has 2 rings (SSSR count). The Kier molecular flexibility index (Phi) is 4.28. The number of amides is 1. The van der Waals surface area contributed by atoms with E-state index in [1.54, 1.807) is 6.92 Å². The van der Waals surface area contributed by atoms with Crippen molar-refractivity contribution in [1.29, 1.82) is 0 Å². The summed E-state index contributed by atoms with van der Waals surface area (Å²) < 4.78 is 19.8. The molecule has 108 valence electrons. The molecule has 0 unspecified atom stereocenters. The van der Waals surface area contributed by atoms with Crippen molar-refractivity contribution >= 4 is 23.3 Å². The van der Waals surface area contributed by atoms with E-state index in [9.17, 15) is 14.0 Å². The third-order valence-corrected chi connectivity index (χ3v) is 3.54. The van der Waals surface area contributed by atoms with Crippen LogP contribution in [0.1, 0.15) is 42.1 Å². The van der Waals surface area contributed by atoms with Crippen molar-refractivity contribution in [3.05, 3.63) is 28.0 Å². The maximum atomic E-state index is 14.3. The summed E-state index contributed by atoms with van der Waals surface area (Å²) in [7, 11) is 0. The number of hydrogen-bond acceptors (Lipinski definition) is 3. The van der Waals surface area contributed by atoms with Crippen molar-refractivity contribution < 1.29 is 18.7 Å². The topological polar surface area (TPSA) is 55.4 Å². The van der Waals surface area contributed by atoms with Gasteiger partial charge >= 0.3 is 0 Å². The molecule has 1 aromatic carbocycles. The zero-order valence-electron chi connectivity index (χ0n) is 11.3. The maximum Gasteiger partial charge on any atom is 0.220 e. The van der Waals surface area contributed by atoms with Gasteiger partial charge in [0, 0.05) is 24.4 Å². The van der Waals surface area contributed by atoms with Crippen molar-refractivity contribution in [1.82, 2.24) is 5.32 Å². The monoisotopic (exact) mass is 299 g/mol. The molecular weight excluding hydrogens is 285 g/mol. The third-order valence-electron chi connectivity index (χ3n) is 3.26. The third kappa shape index (κ3) is 2.63. The lowest BCUT2D eigenvalue weighted by Gasteiger charge is -2.19. The second kappa shape index (κ2) is 5.79. The molecule has 20 heavy (non-hydrogen) atoms. The molecule has 1 fully saturated rings. The van der Waals surface area contributed by atoms with Crippen molar-refractivity contribution in [2.45, 2.75) is 26.2 Å². The number of benzene rings is 1. The minimum absolute atomic E-state index is 0.131. The summed E-state index contributed by atoms with van der Waals surface area (Å²) in [6.45, 7) is 3.72. The standard InChI is InChI=1S/C14H15ClFNO3/c1-3-20-14-9(7(2)18)5-10(15)13(16)12(14)8-4-11(19)17-6-8/h5,8H,3-4,6H2,1-2H3,(H,17,19)/t8-/m1/s1. The van der Waals surface area contributed by atoms with E-state index in [0.29, 0.717) is 13.2 Å². The Labute approximate surface area is 121 Å². The average molecular weight is 300 g/mol. The van der Waals surface area contributed by atoms with Crippen LogP contribution >= 0.6 is 11.6 Å². The number of ketones is 1.